The molecule has 24 heavy (non-hydrogen) atoms. The Morgan fingerprint density at radius 3 is 2.96 bits per heavy atom. The summed E-state index contributed by atoms with van der Waals surface area (Å²) in [4.78, 5) is 11.1. The number of methoxy groups -OCH3 is 1. The van der Waals surface area contributed by atoms with Crippen LogP contribution in [0.3, 0.4) is 0 Å². The Labute approximate surface area is 141 Å². The molecule has 1 saturated heterocycles. The number of benzene rings is 1. The van der Waals surface area contributed by atoms with Crippen molar-refractivity contribution in [1.82, 2.24) is 9.97 Å². The van der Waals surface area contributed by atoms with E-state index in [4.69, 9.17) is 9.47 Å². The van der Waals surface area contributed by atoms with Crippen molar-refractivity contribution in [2.45, 2.75) is 25.3 Å². The van der Waals surface area contributed by atoms with Gasteiger partial charge in [-0.3, -0.25) is 0 Å². The van der Waals surface area contributed by atoms with Crippen LogP contribution in [0.2, 0.25) is 0 Å². The van der Waals surface area contributed by atoms with Gasteiger partial charge in [0.05, 0.1) is 13.2 Å². The van der Waals surface area contributed by atoms with E-state index in [1.807, 2.05) is 18.2 Å². The Kier molecular flexibility index (Phi) is 4.11. The Morgan fingerprint density at radius 1 is 1.25 bits per heavy atom. The van der Waals surface area contributed by atoms with Crippen LogP contribution < -0.4 is 19.7 Å². The van der Waals surface area contributed by atoms with Crippen LogP contribution in [-0.4, -0.2) is 42.8 Å². The molecule has 2 aliphatic rings. The lowest BCUT2D eigenvalue weighted by atomic mass is 10.0. The molecule has 0 bridgehead atoms. The van der Waals surface area contributed by atoms with E-state index in [9.17, 15) is 0 Å². The van der Waals surface area contributed by atoms with Gasteiger partial charge in [0.2, 0.25) is 0 Å². The van der Waals surface area contributed by atoms with Crippen molar-refractivity contribution in [3.63, 3.8) is 0 Å². The predicted octanol–water partition coefficient (Wildman–Crippen LogP) is 2.50. The molecule has 0 saturated carbocycles. The highest BCUT2D eigenvalue weighted by Gasteiger charge is 2.23. The Morgan fingerprint density at radius 2 is 2.12 bits per heavy atom. The van der Waals surface area contributed by atoms with Crippen LogP contribution in [0.5, 0.6) is 11.5 Å². The monoisotopic (exact) mass is 326 g/mol. The fourth-order valence-electron chi connectivity index (χ4n) is 3.40. The molecule has 6 heteroatoms. The number of rotatable bonds is 4. The number of hydrogen-bond donors (Lipinski definition) is 1. The van der Waals surface area contributed by atoms with Crippen molar-refractivity contribution in [1.29, 1.82) is 0 Å². The molecule has 1 aromatic carbocycles. The van der Waals surface area contributed by atoms with E-state index >= 15 is 0 Å². The molecule has 0 aliphatic carbocycles. The second-order valence-electron chi connectivity index (χ2n) is 6.26. The van der Waals surface area contributed by atoms with Crippen LogP contribution in [0.1, 0.15) is 18.4 Å². The van der Waals surface area contributed by atoms with Crippen molar-refractivity contribution in [3.05, 3.63) is 36.2 Å². The molecule has 2 aliphatic heterocycles. The van der Waals surface area contributed by atoms with Gasteiger partial charge >= 0.3 is 0 Å². The summed E-state index contributed by atoms with van der Waals surface area (Å²) in [7, 11) is 1.67. The van der Waals surface area contributed by atoms with E-state index in [1.165, 1.54) is 12.8 Å². The summed E-state index contributed by atoms with van der Waals surface area (Å²) in [5.74, 6) is 3.51. The van der Waals surface area contributed by atoms with Crippen LogP contribution in [0.25, 0.3) is 0 Å². The Bertz CT molecular complexity index is 716. The molecule has 4 rings (SSSR count). The van der Waals surface area contributed by atoms with Gasteiger partial charge in [0.1, 0.15) is 24.6 Å². The highest BCUT2D eigenvalue weighted by Crippen LogP contribution is 2.35. The maximum absolute atomic E-state index is 5.92. The van der Waals surface area contributed by atoms with Crippen molar-refractivity contribution >= 4 is 11.6 Å². The zero-order chi connectivity index (χ0) is 16.4. The van der Waals surface area contributed by atoms with Gasteiger partial charge in [-0.15, -0.1) is 0 Å². The average molecular weight is 326 g/mol. The first kappa shape index (κ1) is 15.1. The number of aromatic nitrogens is 2. The van der Waals surface area contributed by atoms with Gasteiger partial charge in [-0.1, -0.05) is 12.1 Å². The SMILES string of the molecule is COc1cccc2c1OCC(Nc1cc(N3CCCC3)ncn1)C2. The first-order valence-corrected chi connectivity index (χ1v) is 8.45. The van der Waals surface area contributed by atoms with E-state index in [1.54, 1.807) is 13.4 Å². The lowest BCUT2D eigenvalue weighted by Gasteiger charge is -2.27. The number of nitrogens with one attached hydrogen (secondary N) is 1. The molecule has 0 radical (unpaired) electrons. The molecular weight excluding hydrogens is 304 g/mol. The molecule has 3 heterocycles. The minimum Gasteiger partial charge on any atom is -0.493 e. The lowest BCUT2D eigenvalue weighted by molar-refractivity contribution is 0.256. The van der Waals surface area contributed by atoms with Crippen LogP contribution in [0, 0.1) is 0 Å². The normalized spacial score (nSPS) is 19.5. The summed E-state index contributed by atoms with van der Waals surface area (Å²) in [6.45, 7) is 2.75. The summed E-state index contributed by atoms with van der Waals surface area (Å²) in [5.41, 5.74) is 1.16. The van der Waals surface area contributed by atoms with Crippen LogP contribution >= 0.6 is 0 Å². The number of anilines is 2. The topological polar surface area (TPSA) is 59.5 Å². The number of fused-ring (bicyclic) bond motifs is 1. The summed E-state index contributed by atoms with van der Waals surface area (Å²) in [6, 6.07) is 8.23. The summed E-state index contributed by atoms with van der Waals surface area (Å²) >= 11 is 0. The van der Waals surface area contributed by atoms with E-state index < -0.39 is 0 Å². The molecule has 126 valence electrons. The summed E-state index contributed by atoms with van der Waals surface area (Å²) in [6.07, 6.45) is 5.00. The van der Waals surface area contributed by atoms with Gasteiger partial charge in [-0.05, 0) is 25.3 Å². The maximum Gasteiger partial charge on any atom is 0.164 e. The van der Waals surface area contributed by atoms with Crippen molar-refractivity contribution in [2.75, 3.05) is 37.0 Å². The van der Waals surface area contributed by atoms with Crippen LogP contribution in [0.4, 0.5) is 11.6 Å². The second kappa shape index (κ2) is 6.55. The molecule has 1 atom stereocenters. The maximum atomic E-state index is 5.92. The van der Waals surface area contributed by atoms with Crippen molar-refractivity contribution in [2.24, 2.45) is 0 Å². The second-order valence-corrected chi connectivity index (χ2v) is 6.26. The molecule has 1 unspecified atom stereocenters. The van der Waals surface area contributed by atoms with Gasteiger partial charge in [0, 0.05) is 24.7 Å². The molecule has 1 N–H and O–H groups in total. The van der Waals surface area contributed by atoms with Crippen molar-refractivity contribution < 1.29 is 9.47 Å². The minimum absolute atomic E-state index is 0.186. The van der Waals surface area contributed by atoms with Gasteiger partial charge in [0.25, 0.3) is 0 Å². The predicted molar refractivity (Wildman–Crippen MR) is 93.1 cm³/mol. The molecule has 6 nitrogen and oxygen atoms in total. The zero-order valence-electron chi connectivity index (χ0n) is 13.9. The number of hydrogen-bond acceptors (Lipinski definition) is 6. The first-order chi connectivity index (χ1) is 11.8. The fraction of sp³-hybridized carbons (Fsp3) is 0.444. The van der Waals surface area contributed by atoms with Gasteiger partial charge in [-0.25, -0.2) is 9.97 Å². The minimum atomic E-state index is 0.186. The third kappa shape index (κ3) is 2.96. The van der Waals surface area contributed by atoms with E-state index in [0.29, 0.717) is 6.61 Å². The zero-order valence-corrected chi connectivity index (χ0v) is 13.9. The molecular formula is C18H22N4O2. The number of ether oxygens (including phenoxy) is 2. The number of para-hydroxylation sites is 1. The van der Waals surface area contributed by atoms with E-state index in [0.717, 1.165) is 48.2 Å². The average Bonchev–Trinajstić information content (AvgIpc) is 3.16. The van der Waals surface area contributed by atoms with Crippen molar-refractivity contribution in [3.8, 4) is 11.5 Å². The fourth-order valence-corrected chi connectivity index (χ4v) is 3.40. The highest BCUT2D eigenvalue weighted by molar-refractivity contribution is 5.52. The smallest absolute Gasteiger partial charge is 0.164 e. The first-order valence-electron chi connectivity index (χ1n) is 8.45. The quantitative estimate of drug-likeness (QED) is 0.931. The van der Waals surface area contributed by atoms with Gasteiger partial charge < -0.3 is 19.7 Å². The largest absolute Gasteiger partial charge is 0.493 e. The number of nitrogens with zero attached hydrogens (tertiary/aromatic N) is 3. The third-order valence-electron chi connectivity index (χ3n) is 4.61. The van der Waals surface area contributed by atoms with Crippen LogP contribution in [-0.2, 0) is 6.42 Å². The molecule has 2 aromatic rings. The third-order valence-corrected chi connectivity index (χ3v) is 4.61. The van der Waals surface area contributed by atoms with Crippen LogP contribution in [0.15, 0.2) is 30.6 Å². The van der Waals surface area contributed by atoms with E-state index in [2.05, 4.69) is 26.3 Å². The Balaban J connectivity index is 1.47. The van der Waals surface area contributed by atoms with E-state index in [-0.39, 0.29) is 6.04 Å². The Hall–Kier alpha value is -2.50. The van der Waals surface area contributed by atoms with Gasteiger partial charge in [0.15, 0.2) is 11.5 Å². The summed E-state index contributed by atoms with van der Waals surface area (Å²) < 4.78 is 11.3. The van der Waals surface area contributed by atoms with Gasteiger partial charge in [-0.2, -0.15) is 0 Å². The lowest BCUT2D eigenvalue weighted by Crippen LogP contribution is -2.33. The molecule has 0 spiro atoms. The summed E-state index contributed by atoms with van der Waals surface area (Å²) in [5, 5.41) is 3.48. The molecule has 0 amide bonds. The molecule has 1 aromatic heterocycles. The standard InChI is InChI=1S/C18H22N4O2/c1-23-15-6-4-5-13-9-14(11-24-18(13)15)21-16-10-17(20-12-19-16)22-7-2-3-8-22/h4-6,10,12,14H,2-3,7-9,11H2,1H3,(H,19,20,21). The molecule has 1 fully saturated rings. The highest BCUT2D eigenvalue weighted by atomic mass is 16.5.